The van der Waals surface area contributed by atoms with E-state index in [4.69, 9.17) is 0 Å². The van der Waals surface area contributed by atoms with E-state index in [0.29, 0.717) is 5.70 Å². The molecule has 0 aromatic carbocycles. The highest BCUT2D eigenvalue weighted by atomic mass is 19.4. The minimum absolute atomic E-state index is 0.157. The van der Waals surface area contributed by atoms with Crippen LogP contribution < -0.4 is 5.59 Å². The number of hydrazine groups is 1. The van der Waals surface area contributed by atoms with Gasteiger partial charge in [0.05, 0.1) is 0 Å². The van der Waals surface area contributed by atoms with Crippen LogP contribution in [0, 0.1) is 5.92 Å². The molecule has 20 heavy (non-hydrogen) atoms. The van der Waals surface area contributed by atoms with Crippen LogP contribution in [-0.2, 0) is 4.84 Å². The summed E-state index contributed by atoms with van der Waals surface area (Å²) in [6.45, 7) is 1.72. The van der Waals surface area contributed by atoms with Gasteiger partial charge in [-0.2, -0.15) is 22.0 Å². The number of hydrogen-bond acceptors (Lipinski definition) is 4. The lowest BCUT2D eigenvalue weighted by Crippen LogP contribution is -2.45. The zero-order chi connectivity index (χ0) is 15.0. The number of halogens is 5. The summed E-state index contributed by atoms with van der Waals surface area (Å²) in [7, 11) is 0. The van der Waals surface area contributed by atoms with Gasteiger partial charge in [0.1, 0.15) is 12.4 Å². The molecule has 1 aliphatic carbocycles. The third-order valence-electron chi connectivity index (χ3n) is 2.80. The fourth-order valence-corrected chi connectivity index (χ4v) is 1.55. The normalized spacial score (nSPS) is 20.4. The van der Waals surface area contributed by atoms with Crippen LogP contribution in [0.2, 0.25) is 0 Å². The van der Waals surface area contributed by atoms with E-state index in [1.807, 2.05) is 5.59 Å². The van der Waals surface area contributed by atoms with Gasteiger partial charge in [-0.3, -0.25) is 4.84 Å². The average molecular weight is 297 g/mol. The number of hydrogen-bond donors (Lipinski definition) is 1. The van der Waals surface area contributed by atoms with Crippen LogP contribution in [-0.4, -0.2) is 29.9 Å². The minimum Gasteiger partial charge on any atom is -0.275 e. The highest BCUT2D eigenvalue weighted by Gasteiger charge is 2.58. The average Bonchev–Trinajstić information content (AvgIpc) is 3.13. The third-order valence-corrected chi connectivity index (χ3v) is 2.80. The Morgan fingerprint density at radius 2 is 2.00 bits per heavy atom. The molecule has 0 radical (unpaired) electrons. The van der Waals surface area contributed by atoms with Crippen molar-refractivity contribution in [2.75, 3.05) is 6.61 Å². The lowest BCUT2D eigenvalue weighted by molar-refractivity contribution is -0.305. The first kappa shape index (κ1) is 14.9. The van der Waals surface area contributed by atoms with Gasteiger partial charge in [0.25, 0.3) is 0 Å². The van der Waals surface area contributed by atoms with Crippen LogP contribution >= 0.6 is 0 Å². The van der Waals surface area contributed by atoms with E-state index < -0.39 is 18.7 Å². The summed E-state index contributed by atoms with van der Waals surface area (Å²) in [5, 5.41) is 1.17. The lowest BCUT2D eigenvalue weighted by Gasteiger charge is -2.29. The van der Waals surface area contributed by atoms with E-state index in [0.717, 1.165) is 12.8 Å². The van der Waals surface area contributed by atoms with E-state index in [9.17, 15) is 22.0 Å². The summed E-state index contributed by atoms with van der Waals surface area (Å²) in [5.74, 6) is -4.56. The maximum absolute atomic E-state index is 12.7. The summed E-state index contributed by atoms with van der Waals surface area (Å²) in [6.07, 6.45) is -0.725. The van der Waals surface area contributed by atoms with Gasteiger partial charge in [-0.25, -0.2) is 10.0 Å². The monoisotopic (exact) mass is 297 g/mol. The molecule has 0 unspecified atom stereocenters. The predicted octanol–water partition coefficient (Wildman–Crippen LogP) is 2.77. The molecule has 0 bridgehead atoms. The van der Waals surface area contributed by atoms with Gasteiger partial charge in [-0.05, 0) is 18.9 Å². The summed E-state index contributed by atoms with van der Waals surface area (Å²) in [6, 6.07) is 0. The van der Waals surface area contributed by atoms with Crippen molar-refractivity contribution in [3.8, 4) is 0 Å². The second kappa shape index (κ2) is 5.13. The highest BCUT2D eigenvalue weighted by Crippen LogP contribution is 2.39. The molecule has 2 rings (SSSR count). The molecule has 4 nitrogen and oxygen atoms in total. The molecule has 0 aromatic heterocycles. The number of rotatable bonds is 5. The molecular weight excluding hydrogens is 285 g/mol. The van der Waals surface area contributed by atoms with Crippen LogP contribution in [0.15, 0.2) is 29.2 Å². The lowest BCUT2D eigenvalue weighted by atomic mass is 10.2. The first-order valence-electron chi connectivity index (χ1n) is 5.77. The van der Waals surface area contributed by atoms with Crippen molar-refractivity contribution in [3.05, 3.63) is 24.2 Å². The standard InChI is InChI=1S/C11H12F5N3O/c1-7-17-5-4-9(8-2-3-8)19(7)18-20-6-10(12,13)11(14,15)16/h4-5,8,18H,1-3,6H2. The first-order chi connectivity index (χ1) is 9.22. The Morgan fingerprint density at radius 3 is 2.55 bits per heavy atom. The van der Waals surface area contributed by atoms with Gasteiger partial charge in [-0.1, -0.05) is 6.58 Å². The van der Waals surface area contributed by atoms with Crippen LogP contribution in [0.4, 0.5) is 22.0 Å². The molecule has 0 spiro atoms. The van der Waals surface area contributed by atoms with Gasteiger partial charge in [0.2, 0.25) is 0 Å². The van der Waals surface area contributed by atoms with Crippen molar-refractivity contribution >= 4 is 6.21 Å². The Labute approximate surface area is 111 Å². The second-order valence-corrected chi connectivity index (χ2v) is 4.48. The van der Waals surface area contributed by atoms with Gasteiger partial charge in [0.15, 0.2) is 0 Å². The Kier molecular flexibility index (Phi) is 3.83. The Morgan fingerprint density at radius 1 is 1.35 bits per heavy atom. The summed E-state index contributed by atoms with van der Waals surface area (Å²) < 4.78 is 61.2. The molecule has 0 amide bonds. The molecular formula is C11H12F5N3O. The minimum atomic E-state index is -5.65. The number of aliphatic imine (C=N–C) groups is 1. The smallest absolute Gasteiger partial charge is 0.275 e. The molecule has 112 valence electrons. The Balaban J connectivity index is 1.91. The quantitative estimate of drug-likeness (QED) is 0.626. The SMILES string of the molecule is C=C1N=CC=C(C2CC2)N1NOCC(F)(F)C(F)(F)F. The zero-order valence-electron chi connectivity index (χ0n) is 10.3. The molecule has 0 saturated heterocycles. The van der Waals surface area contributed by atoms with E-state index in [-0.39, 0.29) is 11.7 Å². The molecule has 1 saturated carbocycles. The van der Waals surface area contributed by atoms with Gasteiger partial charge in [0, 0.05) is 17.8 Å². The van der Waals surface area contributed by atoms with Gasteiger partial charge >= 0.3 is 12.1 Å². The van der Waals surface area contributed by atoms with Crippen molar-refractivity contribution in [1.82, 2.24) is 10.6 Å². The van der Waals surface area contributed by atoms with Gasteiger partial charge in [-0.15, -0.1) is 5.59 Å². The molecule has 1 N–H and O–H groups in total. The van der Waals surface area contributed by atoms with Crippen molar-refractivity contribution in [2.24, 2.45) is 10.9 Å². The van der Waals surface area contributed by atoms with Crippen LogP contribution in [0.5, 0.6) is 0 Å². The number of nitrogens with zero attached hydrogens (tertiary/aromatic N) is 2. The Hall–Kier alpha value is -1.48. The molecule has 2 aliphatic rings. The summed E-state index contributed by atoms with van der Waals surface area (Å²) in [5.41, 5.74) is 2.72. The summed E-state index contributed by atoms with van der Waals surface area (Å²) in [4.78, 5) is 8.09. The van der Waals surface area contributed by atoms with Crippen molar-refractivity contribution < 1.29 is 26.8 Å². The first-order valence-corrected chi connectivity index (χ1v) is 5.77. The maximum Gasteiger partial charge on any atom is 0.455 e. The molecule has 0 atom stereocenters. The zero-order valence-corrected chi connectivity index (χ0v) is 10.3. The predicted molar refractivity (Wildman–Crippen MR) is 60.4 cm³/mol. The van der Waals surface area contributed by atoms with E-state index in [1.54, 1.807) is 6.08 Å². The number of alkyl halides is 5. The largest absolute Gasteiger partial charge is 0.455 e. The molecule has 1 heterocycles. The van der Waals surface area contributed by atoms with Crippen LogP contribution in [0.3, 0.4) is 0 Å². The van der Waals surface area contributed by atoms with Crippen molar-refractivity contribution in [2.45, 2.75) is 24.9 Å². The molecule has 0 aromatic rings. The van der Waals surface area contributed by atoms with E-state index >= 15 is 0 Å². The third kappa shape index (κ3) is 3.15. The molecule has 9 heteroatoms. The van der Waals surface area contributed by atoms with Crippen molar-refractivity contribution in [1.29, 1.82) is 0 Å². The van der Waals surface area contributed by atoms with Gasteiger partial charge < -0.3 is 0 Å². The maximum atomic E-state index is 12.7. The number of nitrogens with one attached hydrogen (secondary N) is 1. The molecule has 1 aliphatic heterocycles. The second-order valence-electron chi connectivity index (χ2n) is 4.48. The van der Waals surface area contributed by atoms with Crippen LogP contribution in [0.1, 0.15) is 12.8 Å². The highest BCUT2D eigenvalue weighted by molar-refractivity contribution is 5.74. The fraction of sp³-hybridized carbons (Fsp3) is 0.545. The fourth-order valence-electron chi connectivity index (χ4n) is 1.55. The molecule has 1 fully saturated rings. The topological polar surface area (TPSA) is 36.9 Å². The van der Waals surface area contributed by atoms with Crippen LogP contribution in [0.25, 0.3) is 0 Å². The van der Waals surface area contributed by atoms with E-state index in [1.165, 1.54) is 11.2 Å². The van der Waals surface area contributed by atoms with E-state index in [2.05, 4.69) is 16.4 Å². The van der Waals surface area contributed by atoms with Crippen molar-refractivity contribution in [3.63, 3.8) is 0 Å². The number of allylic oxidation sites excluding steroid dienone is 2. The Bertz CT molecular complexity index is 453. The summed E-state index contributed by atoms with van der Waals surface area (Å²) >= 11 is 0.